The van der Waals surface area contributed by atoms with Gasteiger partial charge in [-0.05, 0) is 49.0 Å². The molecule has 3 aromatic rings. The van der Waals surface area contributed by atoms with E-state index in [1.165, 1.54) is 11.3 Å². The number of Topliss-reactive ketones (excluding diaryl/α,β-unsaturated/α-hetero) is 1. The summed E-state index contributed by atoms with van der Waals surface area (Å²) in [5.41, 5.74) is 0.823. The van der Waals surface area contributed by atoms with Crippen LogP contribution in [0.3, 0.4) is 0 Å². The first-order valence-electron chi connectivity index (χ1n) is 9.29. The van der Waals surface area contributed by atoms with Gasteiger partial charge in [0, 0.05) is 18.0 Å². The van der Waals surface area contributed by atoms with Gasteiger partial charge in [0.1, 0.15) is 0 Å². The van der Waals surface area contributed by atoms with E-state index in [-0.39, 0.29) is 18.5 Å². The molecule has 0 amide bonds. The van der Waals surface area contributed by atoms with Gasteiger partial charge >= 0.3 is 0 Å². The van der Waals surface area contributed by atoms with Gasteiger partial charge in [0.15, 0.2) is 17.3 Å². The van der Waals surface area contributed by atoms with E-state index in [0.717, 1.165) is 42.1 Å². The minimum absolute atomic E-state index is 0.0312. The van der Waals surface area contributed by atoms with E-state index in [2.05, 4.69) is 15.0 Å². The molecule has 2 aromatic heterocycles. The van der Waals surface area contributed by atoms with Crippen molar-refractivity contribution in [3.05, 3.63) is 46.5 Å². The molecule has 0 aliphatic carbocycles. The summed E-state index contributed by atoms with van der Waals surface area (Å²) < 4.78 is 16.2. The summed E-state index contributed by atoms with van der Waals surface area (Å²) in [6.07, 6.45) is 1.92. The summed E-state index contributed by atoms with van der Waals surface area (Å²) in [5, 5.41) is 6.05. The van der Waals surface area contributed by atoms with Crippen LogP contribution in [-0.4, -0.2) is 40.7 Å². The predicted octanol–water partition coefficient (Wildman–Crippen LogP) is 3.62. The maximum Gasteiger partial charge on any atom is 0.241 e. The molecule has 5 rings (SSSR count). The lowest BCUT2D eigenvalue weighted by molar-refractivity contribution is 0.0801. The molecule has 1 saturated heterocycles. The molecule has 28 heavy (non-hydrogen) atoms. The molecule has 2 aliphatic heterocycles. The fourth-order valence-electron chi connectivity index (χ4n) is 3.70. The van der Waals surface area contributed by atoms with Gasteiger partial charge < -0.3 is 14.0 Å². The maximum absolute atomic E-state index is 12.7. The average molecular weight is 397 g/mol. The topological polar surface area (TPSA) is 77.7 Å². The molecule has 0 unspecified atom stereocenters. The summed E-state index contributed by atoms with van der Waals surface area (Å²) in [6, 6.07) is 9.42. The van der Waals surface area contributed by atoms with Crippen molar-refractivity contribution in [2.75, 3.05) is 19.9 Å². The third-order valence-electron chi connectivity index (χ3n) is 5.10. The van der Waals surface area contributed by atoms with Gasteiger partial charge in [-0.25, -0.2) is 0 Å². The zero-order chi connectivity index (χ0) is 18.9. The van der Waals surface area contributed by atoms with Gasteiger partial charge in [0.05, 0.1) is 11.4 Å². The third-order valence-corrected chi connectivity index (χ3v) is 5.98. The summed E-state index contributed by atoms with van der Waals surface area (Å²) in [4.78, 5) is 20.2. The van der Waals surface area contributed by atoms with Crippen LogP contribution in [0.4, 0.5) is 0 Å². The molecule has 144 valence electrons. The van der Waals surface area contributed by atoms with Crippen molar-refractivity contribution >= 4 is 17.1 Å². The molecule has 0 radical (unpaired) electrons. The smallest absolute Gasteiger partial charge is 0.241 e. The Bertz CT molecular complexity index is 985. The number of carbonyl (C=O) groups excluding carboxylic acids is 1. The molecule has 0 bridgehead atoms. The van der Waals surface area contributed by atoms with E-state index in [9.17, 15) is 4.79 Å². The van der Waals surface area contributed by atoms with Crippen LogP contribution in [0.15, 0.2) is 40.2 Å². The van der Waals surface area contributed by atoms with Gasteiger partial charge in [0.25, 0.3) is 0 Å². The molecular weight excluding hydrogens is 378 g/mol. The number of piperidine rings is 1. The van der Waals surface area contributed by atoms with Crippen molar-refractivity contribution in [1.29, 1.82) is 0 Å². The fourth-order valence-corrected chi connectivity index (χ4v) is 4.44. The van der Waals surface area contributed by atoms with E-state index < -0.39 is 0 Å². The van der Waals surface area contributed by atoms with Gasteiger partial charge in [-0.3, -0.25) is 9.69 Å². The monoisotopic (exact) mass is 397 g/mol. The minimum Gasteiger partial charge on any atom is -0.454 e. The quantitative estimate of drug-likeness (QED) is 0.609. The lowest BCUT2D eigenvalue weighted by Crippen LogP contribution is -2.38. The Morgan fingerprint density at radius 1 is 1.25 bits per heavy atom. The highest BCUT2D eigenvalue weighted by Crippen LogP contribution is 2.35. The first-order valence-corrected chi connectivity index (χ1v) is 10.2. The van der Waals surface area contributed by atoms with E-state index >= 15 is 0 Å². The number of hydrogen-bond acceptors (Lipinski definition) is 8. The minimum atomic E-state index is 0.0312. The molecule has 0 N–H and O–H groups in total. The first-order chi connectivity index (χ1) is 13.8. The second kappa shape index (κ2) is 7.37. The lowest BCUT2D eigenvalue weighted by Gasteiger charge is -2.30. The summed E-state index contributed by atoms with van der Waals surface area (Å²) in [6.45, 7) is 2.43. The van der Waals surface area contributed by atoms with Gasteiger partial charge in [-0.1, -0.05) is 11.2 Å². The van der Waals surface area contributed by atoms with Crippen LogP contribution in [0, 0.1) is 5.92 Å². The number of carbonyl (C=O) groups is 1. The third kappa shape index (κ3) is 3.41. The fraction of sp³-hybridized carbons (Fsp3) is 0.350. The molecule has 1 fully saturated rings. The normalized spacial score (nSPS) is 19.1. The number of nitrogens with zero attached hydrogens (tertiary/aromatic N) is 3. The number of likely N-dealkylation sites (tertiary alicyclic amines) is 1. The number of thiophene rings is 1. The highest BCUT2D eigenvalue weighted by atomic mass is 32.1. The van der Waals surface area contributed by atoms with Crippen molar-refractivity contribution in [1.82, 2.24) is 15.0 Å². The largest absolute Gasteiger partial charge is 0.454 e. The van der Waals surface area contributed by atoms with Crippen molar-refractivity contribution in [2.24, 2.45) is 5.92 Å². The molecule has 7 nitrogen and oxygen atoms in total. The Balaban J connectivity index is 1.26. The molecular formula is C20H19N3O4S. The molecule has 8 heteroatoms. The molecule has 1 atom stereocenters. The summed E-state index contributed by atoms with van der Waals surface area (Å²) >= 11 is 1.51. The Kier molecular flexibility index (Phi) is 4.58. The number of rotatable bonds is 5. The van der Waals surface area contributed by atoms with Crippen molar-refractivity contribution in [3.8, 4) is 22.9 Å². The first kappa shape index (κ1) is 17.4. The maximum atomic E-state index is 12.7. The molecule has 1 aromatic carbocycles. The van der Waals surface area contributed by atoms with Gasteiger partial charge in [-0.15, -0.1) is 11.3 Å². The van der Waals surface area contributed by atoms with Crippen LogP contribution < -0.4 is 9.47 Å². The van der Waals surface area contributed by atoms with E-state index in [4.69, 9.17) is 14.0 Å². The Morgan fingerprint density at radius 2 is 2.18 bits per heavy atom. The Morgan fingerprint density at radius 3 is 3.07 bits per heavy atom. The van der Waals surface area contributed by atoms with Crippen molar-refractivity contribution in [3.63, 3.8) is 0 Å². The van der Waals surface area contributed by atoms with E-state index in [1.807, 2.05) is 35.7 Å². The van der Waals surface area contributed by atoms with E-state index in [0.29, 0.717) is 24.0 Å². The average Bonchev–Trinajstić information content (AvgIpc) is 3.48. The van der Waals surface area contributed by atoms with Gasteiger partial charge in [-0.2, -0.15) is 4.98 Å². The number of fused-ring (bicyclic) bond motifs is 1. The molecule has 0 saturated carbocycles. The predicted molar refractivity (Wildman–Crippen MR) is 103 cm³/mol. The number of benzene rings is 1. The van der Waals surface area contributed by atoms with Crippen LogP contribution in [0.2, 0.25) is 0 Å². The van der Waals surface area contributed by atoms with Crippen LogP contribution in [-0.2, 0) is 6.54 Å². The zero-order valence-electron chi connectivity index (χ0n) is 15.2. The van der Waals surface area contributed by atoms with Crippen LogP contribution >= 0.6 is 11.3 Å². The van der Waals surface area contributed by atoms with Crippen LogP contribution in [0.5, 0.6) is 11.5 Å². The lowest BCUT2D eigenvalue weighted by atomic mass is 9.93. The SMILES string of the molecule is O=C(c1cccs1)[C@H]1CCCN(Cc2nc(-c3ccc4c(c3)OCO4)no2)C1. The molecule has 4 heterocycles. The van der Waals surface area contributed by atoms with Crippen LogP contribution in [0.1, 0.15) is 28.4 Å². The van der Waals surface area contributed by atoms with Gasteiger partial charge in [0.2, 0.25) is 18.5 Å². The molecule has 2 aliphatic rings. The standard InChI is InChI=1S/C20H19N3O4S/c24-19(17-4-2-8-28-17)14-3-1-7-23(10-14)11-18-21-20(22-27-18)13-5-6-15-16(9-13)26-12-25-15/h2,4-6,8-9,14H,1,3,7,10-12H2/t14-/m0/s1. The second-order valence-corrected chi connectivity index (χ2v) is 7.94. The van der Waals surface area contributed by atoms with Crippen molar-refractivity contribution in [2.45, 2.75) is 19.4 Å². The van der Waals surface area contributed by atoms with E-state index in [1.54, 1.807) is 0 Å². The highest BCUT2D eigenvalue weighted by molar-refractivity contribution is 7.12. The number of aromatic nitrogens is 2. The number of hydrogen-bond donors (Lipinski definition) is 0. The summed E-state index contributed by atoms with van der Waals surface area (Å²) in [5.74, 6) is 2.76. The molecule has 0 spiro atoms. The highest BCUT2D eigenvalue weighted by Gasteiger charge is 2.28. The van der Waals surface area contributed by atoms with Crippen molar-refractivity contribution < 1.29 is 18.8 Å². The zero-order valence-corrected chi connectivity index (χ0v) is 16.0. The number of ether oxygens (including phenoxy) is 2. The second-order valence-electron chi connectivity index (χ2n) is 7.00. The Labute approximate surface area is 165 Å². The summed E-state index contributed by atoms with van der Waals surface area (Å²) in [7, 11) is 0. The number of ketones is 1. The van der Waals surface area contributed by atoms with Crippen LogP contribution in [0.25, 0.3) is 11.4 Å². The Hall–Kier alpha value is -2.71.